The molecule has 0 aromatic carbocycles. The molecule has 0 bridgehead atoms. The molecule has 2 aromatic heterocycles. The summed E-state index contributed by atoms with van der Waals surface area (Å²) in [7, 11) is 0. The molecule has 0 amide bonds. The van der Waals surface area contributed by atoms with Gasteiger partial charge in [0, 0.05) is 12.7 Å². The van der Waals surface area contributed by atoms with Crippen LogP contribution in [0.4, 0.5) is 0 Å². The number of pyridine rings is 1. The van der Waals surface area contributed by atoms with Crippen LogP contribution in [0.2, 0.25) is 0 Å². The summed E-state index contributed by atoms with van der Waals surface area (Å²) < 4.78 is 2.50. The first-order valence-electron chi connectivity index (χ1n) is 12.9. The van der Waals surface area contributed by atoms with Gasteiger partial charge in [-0.3, -0.25) is 9.88 Å². The van der Waals surface area contributed by atoms with Gasteiger partial charge in [0.05, 0.1) is 29.7 Å². The number of unbranched alkanes of at least 4 members (excludes halogenated alkanes) is 1. The molecule has 1 unspecified atom stereocenters. The van der Waals surface area contributed by atoms with Gasteiger partial charge in [-0.2, -0.15) is 0 Å². The summed E-state index contributed by atoms with van der Waals surface area (Å²) >= 11 is 0. The molecule has 1 atom stereocenters. The Hall–Kier alpha value is -1.98. The van der Waals surface area contributed by atoms with E-state index in [4.69, 9.17) is 15.7 Å². The molecule has 0 saturated heterocycles. The zero-order chi connectivity index (χ0) is 22.9. The summed E-state index contributed by atoms with van der Waals surface area (Å²) in [6.45, 7) is 12.2. The molecule has 0 saturated carbocycles. The molecule has 2 N–H and O–H groups in total. The second kappa shape index (κ2) is 12.3. The lowest BCUT2D eigenvalue weighted by atomic mass is 9.90. The Kier molecular flexibility index (Phi) is 9.49. The van der Waals surface area contributed by atoms with Crippen LogP contribution >= 0.6 is 0 Å². The van der Waals surface area contributed by atoms with Crippen LogP contribution in [0, 0.1) is 6.92 Å². The molecule has 2 aromatic rings. The van der Waals surface area contributed by atoms with Crippen molar-refractivity contribution < 1.29 is 0 Å². The number of nitrogens with two attached hydrogens (primary N) is 1. The first-order valence-corrected chi connectivity index (χ1v) is 12.9. The fourth-order valence-electron chi connectivity index (χ4n) is 5.32. The molecule has 32 heavy (non-hydrogen) atoms. The number of rotatable bonds is 8. The van der Waals surface area contributed by atoms with Gasteiger partial charge in [-0.25, -0.2) is 4.98 Å². The molecule has 5 nitrogen and oxygen atoms in total. The summed E-state index contributed by atoms with van der Waals surface area (Å²) in [5.41, 5.74) is 12.6. The number of aryl methyl sites for hydroxylation is 2. The Morgan fingerprint density at radius 1 is 1.22 bits per heavy atom. The smallest absolute Gasteiger partial charge is 0.123 e. The van der Waals surface area contributed by atoms with Gasteiger partial charge in [-0.05, 0) is 88.6 Å². The van der Waals surface area contributed by atoms with E-state index >= 15 is 0 Å². The maximum absolute atomic E-state index is 5.81. The van der Waals surface area contributed by atoms with Crippen LogP contribution in [0.3, 0.4) is 0 Å². The van der Waals surface area contributed by atoms with Crippen molar-refractivity contribution in [2.45, 2.75) is 98.2 Å². The summed E-state index contributed by atoms with van der Waals surface area (Å²) in [5, 5.41) is 0. The van der Waals surface area contributed by atoms with Crippen LogP contribution in [0.1, 0.15) is 100 Å². The van der Waals surface area contributed by atoms with Gasteiger partial charge in [0.2, 0.25) is 0 Å². The normalized spacial score (nSPS) is 18.8. The number of aromatic nitrogens is 3. The first kappa shape index (κ1) is 24.7. The molecule has 0 spiro atoms. The highest BCUT2D eigenvalue weighted by Gasteiger charge is 2.29. The number of nitrogens with zero attached hydrogens (tertiary/aromatic N) is 4. The number of fused-ring (bicyclic) bond motifs is 2. The highest BCUT2D eigenvalue weighted by Crippen LogP contribution is 2.35. The van der Waals surface area contributed by atoms with Crippen LogP contribution in [0.25, 0.3) is 5.57 Å². The summed E-state index contributed by atoms with van der Waals surface area (Å²) in [6, 6.07) is 4.72. The second-order valence-corrected chi connectivity index (χ2v) is 8.78. The quantitative estimate of drug-likeness (QED) is 0.529. The molecular weight excluding hydrogens is 394 g/mol. The Bertz CT molecular complexity index is 882. The van der Waals surface area contributed by atoms with Crippen LogP contribution in [0.15, 0.2) is 24.4 Å². The molecule has 2 aliphatic rings. The fourth-order valence-corrected chi connectivity index (χ4v) is 5.32. The minimum atomic E-state index is 0.384. The first-order chi connectivity index (χ1) is 15.7. The van der Waals surface area contributed by atoms with Gasteiger partial charge < -0.3 is 10.3 Å². The average molecular weight is 438 g/mol. The average Bonchev–Trinajstić information content (AvgIpc) is 3.16. The number of allylic oxidation sites excluding steroid dienone is 2. The minimum absolute atomic E-state index is 0.384. The molecule has 176 valence electrons. The Morgan fingerprint density at radius 3 is 2.84 bits per heavy atom. The van der Waals surface area contributed by atoms with Crippen molar-refractivity contribution in [3.05, 3.63) is 52.9 Å². The van der Waals surface area contributed by atoms with Crippen molar-refractivity contribution >= 4 is 5.57 Å². The third kappa shape index (κ3) is 5.49. The van der Waals surface area contributed by atoms with E-state index < -0.39 is 0 Å². The Balaban J connectivity index is 0.00000141. The van der Waals surface area contributed by atoms with Crippen molar-refractivity contribution in [2.75, 3.05) is 13.1 Å². The maximum atomic E-state index is 5.81. The lowest BCUT2D eigenvalue weighted by Crippen LogP contribution is -2.34. The molecule has 5 heteroatoms. The van der Waals surface area contributed by atoms with Crippen molar-refractivity contribution in [2.24, 2.45) is 5.73 Å². The largest absolute Gasteiger partial charge is 0.330 e. The van der Waals surface area contributed by atoms with Crippen LogP contribution in [-0.4, -0.2) is 32.5 Å². The second-order valence-electron chi connectivity index (χ2n) is 8.78. The maximum Gasteiger partial charge on any atom is 0.123 e. The lowest BCUT2D eigenvalue weighted by molar-refractivity contribution is 0.156. The number of hydrogen-bond acceptors (Lipinski definition) is 4. The Labute approximate surface area is 195 Å². The number of hydrogen-bond donors (Lipinski definition) is 1. The van der Waals surface area contributed by atoms with E-state index in [0.29, 0.717) is 6.04 Å². The van der Waals surface area contributed by atoms with E-state index in [1.807, 2.05) is 20.0 Å². The topological polar surface area (TPSA) is 60.0 Å². The van der Waals surface area contributed by atoms with Gasteiger partial charge in [-0.1, -0.05) is 32.9 Å². The van der Waals surface area contributed by atoms with Gasteiger partial charge in [0.15, 0.2) is 0 Å². The zero-order valence-corrected chi connectivity index (χ0v) is 20.7. The molecule has 1 aliphatic heterocycles. The molecule has 3 heterocycles. The van der Waals surface area contributed by atoms with E-state index in [0.717, 1.165) is 51.9 Å². The molecule has 4 rings (SSSR count). The zero-order valence-electron chi connectivity index (χ0n) is 20.7. The minimum Gasteiger partial charge on any atom is -0.330 e. The van der Waals surface area contributed by atoms with Crippen molar-refractivity contribution in [3.8, 4) is 0 Å². The van der Waals surface area contributed by atoms with Crippen molar-refractivity contribution in [1.82, 2.24) is 19.4 Å². The van der Waals surface area contributed by atoms with Crippen LogP contribution in [0.5, 0.6) is 0 Å². The Morgan fingerprint density at radius 2 is 2.06 bits per heavy atom. The van der Waals surface area contributed by atoms with Crippen LogP contribution < -0.4 is 5.73 Å². The van der Waals surface area contributed by atoms with Gasteiger partial charge in [0.25, 0.3) is 0 Å². The van der Waals surface area contributed by atoms with Crippen molar-refractivity contribution in [1.29, 1.82) is 0 Å². The highest BCUT2D eigenvalue weighted by molar-refractivity contribution is 5.66. The van der Waals surface area contributed by atoms with Crippen molar-refractivity contribution in [3.63, 3.8) is 0 Å². The van der Waals surface area contributed by atoms with Crippen LogP contribution in [-0.2, 0) is 19.5 Å². The van der Waals surface area contributed by atoms with Gasteiger partial charge in [0.1, 0.15) is 5.82 Å². The van der Waals surface area contributed by atoms with E-state index in [-0.39, 0.29) is 0 Å². The fraction of sp³-hybridized carbons (Fsp3) is 0.630. The van der Waals surface area contributed by atoms with E-state index in [1.54, 1.807) is 0 Å². The lowest BCUT2D eigenvalue weighted by Gasteiger charge is -2.35. The summed E-state index contributed by atoms with van der Waals surface area (Å²) in [4.78, 5) is 12.5. The standard InChI is InChI=1S/C25H37N5.C2H6/c1-3-9-21-12-8-17-30-23(28-19(2)25(21)30)18-29(16-5-4-14-26)22-13-6-10-20-11-7-15-27-24(20)22;1-2/h7,9,11,15,22H,3-6,8,10,12-14,16-18,26H2,1-2H3;1-2H3/b21-9-;. The third-order valence-electron chi connectivity index (χ3n) is 6.65. The van der Waals surface area contributed by atoms with Gasteiger partial charge >= 0.3 is 0 Å². The SMILES string of the molecule is CC.CC/C=C1/CCCn2c(CN(CCCCN)C3CCCc4cccnc43)nc(C)c21. The third-order valence-corrected chi connectivity index (χ3v) is 6.65. The van der Waals surface area contributed by atoms with E-state index in [1.165, 1.54) is 59.7 Å². The summed E-state index contributed by atoms with van der Waals surface area (Å²) in [6.07, 6.45) is 13.6. The predicted octanol–water partition coefficient (Wildman–Crippen LogP) is 5.82. The monoisotopic (exact) mass is 437 g/mol. The molecule has 0 radical (unpaired) electrons. The van der Waals surface area contributed by atoms with Gasteiger partial charge in [-0.15, -0.1) is 0 Å². The summed E-state index contributed by atoms with van der Waals surface area (Å²) in [5.74, 6) is 1.22. The molecule has 0 fully saturated rings. The van der Waals surface area contributed by atoms with E-state index in [9.17, 15) is 0 Å². The van der Waals surface area contributed by atoms with E-state index in [2.05, 4.69) is 41.5 Å². The number of imidazole rings is 1. The molecule has 1 aliphatic carbocycles. The predicted molar refractivity (Wildman–Crippen MR) is 134 cm³/mol. The highest BCUT2D eigenvalue weighted by atomic mass is 15.2. The molecular formula is C27H43N5.